The standard InChI is InChI=1S/C20H21NO4S/c22-18(15-6-9-26-12-15)14-4-5-17-16(10-14)20(24-7-1-8-25-20)19(23)21(17)11-13-2-3-13/h4-6,9-10,12-13,18,22H,1-3,7-8,11H2. The third-order valence-corrected chi connectivity index (χ3v) is 6.11. The summed E-state index contributed by atoms with van der Waals surface area (Å²) in [6.07, 6.45) is 2.40. The first-order valence-electron chi connectivity index (χ1n) is 9.13. The van der Waals surface area contributed by atoms with Crippen molar-refractivity contribution in [2.45, 2.75) is 31.2 Å². The van der Waals surface area contributed by atoms with Gasteiger partial charge in [-0.25, -0.2) is 0 Å². The number of anilines is 1. The van der Waals surface area contributed by atoms with Crippen LogP contribution in [0, 0.1) is 5.92 Å². The van der Waals surface area contributed by atoms with Crippen molar-refractivity contribution in [2.75, 3.05) is 24.7 Å². The largest absolute Gasteiger partial charge is 0.384 e. The summed E-state index contributed by atoms with van der Waals surface area (Å²) in [6.45, 7) is 1.71. The van der Waals surface area contributed by atoms with E-state index in [0.29, 0.717) is 25.7 Å². The van der Waals surface area contributed by atoms with E-state index in [-0.39, 0.29) is 5.91 Å². The van der Waals surface area contributed by atoms with E-state index in [1.165, 1.54) is 12.8 Å². The van der Waals surface area contributed by atoms with E-state index in [9.17, 15) is 9.90 Å². The van der Waals surface area contributed by atoms with E-state index in [4.69, 9.17) is 9.47 Å². The lowest BCUT2D eigenvalue weighted by molar-refractivity contribution is -0.256. The maximum atomic E-state index is 13.2. The number of amides is 1. The van der Waals surface area contributed by atoms with Gasteiger partial charge in [0.15, 0.2) is 0 Å². The molecule has 1 N–H and O–H groups in total. The van der Waals surface area contributed by atoms with Gasteiger partial charge in [0.1, 0.15) is 6.10 Å². The highest BCUT2D eigenvalue weighted by Crippen LogP contribution is 2.47. The Balaban J connectivity index is 1.58. The van der Waals surface area contributed by atoms with E-state index in [2.05, 4.69) is 0 Å². The van der Waals surface area contributed by atoms with Crippen molar-refractivity contribution in [3.05, 3.63) is 51.7 Å². The van der Waals surface area contributed by atoms with Crippen molar-refractivity contribution in [1.82, 2.24) is 0 Å². The van der Waals surface area contributed by atoms with Crippen LogP contribution in [0.2, 0.25) is 0 Å². The first-order chi connectivity index (χ1) is 12.7. The molecule has 1 aromatic heterocycles. The van der Waals surface area contributed by atoms with Gasteiger partial charge in [0, 0.05) is 12.1 Å². The van der Waals surface area contributed by atoms with Crippen LogP contribution in [-0.4, -0.2) is 30.8 Å². The molecule has 2 aliphatic heterocycles. The number of carbonyl (C=O) groups is 1. The minimum atomic E-state index is -1.34. The van der Waals surface area contributed by atoms with E-state index >= 15 is 0 Å². The topological polar surface area (TPSA) is 59.0 Å². The van der Waals surface area contributed by atoms with Gasteiger partial charge in [0.25, 0.3) is 11.7 Å². The van der Waals surface area contributed by atoms with Gasteiger partial charge in [-0.15, -0.1) is 0 Å². The van der Waals surface area contributed by atoms with Crippen molar-refractivity contribution in [3.63, 3.8) is 0 Å². The van der Waals surface area contributed by atoms with E-state index in [1.54, 1.807) is 11.3 Å². The van der Waals surface area contributed by atoms with Gasteiger partial charge < -0.3 is 19.5 Å². The number of aliphatic hydroxyl groups excluding tert-OH is 1. The summed E-state index contributed by atoms with van der Waals surface area (Å²) in [5.41, 5.74) is 3.19. The molecule has 1 aliphatic carbocycles. The molecule has 2 aromatic rings. The van der Waals surface area contributed by atoms with E-state index in [1.807, 2.05) is 39.9 Å². The Morgan fingerprint density at radius 3 is 2.73 bits per heavy atom. The molecule has 5 nitrogen and oxygen atoms in total. The van der Waals surface area contributed by atoms with Crippen molar-refractivity contribution < 1.29 is 19.4 Å². The Hall–Kier alpha value is -1.73. The quantitative estimate of drug-likeness (QED) is 0.897. The maximum absolute atomic E-state index is 13.2. The molecule has 1 atom stereocenters. The fourth-order valence-electron chi connectivity index (χ4n) is 3.80. The number of rotatable bonds is 4. The molecule has 5 rings (SSSR count). The van der Waals surface area contributed by atoms with E-state index in [0.717, 1.165) is 28.8 Å². The van der Waals surface area contributed by atoms with Crippen molar-refractivity contribution >= 4 is 22.9 Å². The van der Waals surface area contributed by atoms with Crippen LogP contribution in [0.5, 0.6) is 0 Å². The maximum Gasteiger partial charge on any atom is 0.292 e. The molecular formula is C20H21NO4S. The molecule has 1 unspecified atom stereocenters. The van der Waals surface area contributed by atoms with Gasteiger partial charge in [0.05, 0.1) is 18.9 Å². The number of hydrogen-bond acceptors (Lipinski definition) is 5. The first-order valence-corrected chi connectivity index (χ1v) is 10.1. The number of nitrogens with zero attached hydrogens (tertiary/aromatic N) is 1. The molecule has 26 heavy (non-hydrogen) atoms. The lowest BCUT2D eigenvalue weighted by atomic mass is 9.98. The van der Waals surface area contributed by atoms with Gasteiger partial charge in [-0.05, 0) is 65.3 Å². The highest BCUT2D eigenvalue weighted by Gasteiger charge is 2.55. The zero-order valence-corrected chi connectivity index (χ0v) is 15.2. The first kappa shape index (κ1) is 16.4. The number of fused-ring (bicyclic) bond motifs is 2. The smallest absolute Gasteiger partial charge is 0.292 e. The van der Waals surface area contributed by atoms with Crippen molar-refractivity contribution in [3.8, 4) is 0 Å². The zero-order valence-electron chi connectivity index (χ0n) is 14.4. The normalized spacial score (nSPS) is 22.7. The summed E-state index contributed by atoms with van der Waals surface area (Å²) in [4.78, 5) is 15.0. The Bertz CT molecular complexity index is 824. The molecule has 1 spiro atoms. The van der Waals surface area contributed by atoms with Crippen LogP contribution in [-0.2, 0) is 20.1 Å². The van der Waals surface area contributed by atoms with Gasteiger partial charge in [-0.1, -0.05) is 6.07 Å². The van der Waals surface area contributed by atoms with Gasteiger partial charge in [-0.3, -0.25) is 4.79 Å². The molecule has 6 heteroatoms. The van der Waals surface area contributed by atoms with Crippen LogP contribution >= 0.6 is 11.3 Å². The lowest BCUT2D eigenvalue weighted by Gasteiger charge is -2.32. The lowest BCUT2D eigenvalue weighted by Crippen LogP contribution is -2.47. The second kappa shape index (κ2) is 6.16. The summed E-state index contributed by atoms with van der Waals surface area (Å²) in [5, 5.41) is 14.6. The number of carbonyl (C=O) groups excluding carboxylic acids is 1. The third-order valence-electron chi connectivity index (χ3n) is 5.40. The summed E-state index contributed by atoms with van der Waals surface area (Å²) in [5.74, 6) is -0.893. The number of thiophene rings is 1. The highest BCUT2D eigenvalue weighted by molar-refractivity contribution is 7.08. The van der Waals surface area contributed by atoms with Gasteiger partial charge in [0.2, 0.25) is 0 Å². The van der Waals surface area contributed by atoms with Gasteiger partial charge in [-0.2, -0.15) is 11.3 Å². The van der Waals surface area contributed by atoms with Crippen LogP contribution in [0.25, 0.3) is 0 Å². The van der Waals surface area contributed by atoms with Crippen LogP contribution in [0.4, 0.5) is 5.69 Å². The molecule has 1 saturated carbocycles. The van der Waals surface area contributed by atoms with Crippen molar-refractivity contribution in [2.24, 2.45) is 5.92 Å². The summed E-state index contributed by atoms with van der Waals surface area (Å²) >= 11 is 1.55. The summed E-state index contributed by atoms with van der Waals surface area (Å²) in [7, 11) is 0. The third kappa shape index (κ3) is 2.52. The Labute approximate surface area is 156 Å². The predicted octanol–water partition coefficient (Wildman–Crippen LogP) is 3.18. The Kier molecular flexibility index (Phi) is 3.90. The van der Waals surface area contributed by atoms with Crippen LogP contribution in [0.3, 0.4) is 0 Å². The minimum absolute atomic E-state index is 0.124. The van der Waals surface area contributed by atoms with Crippen LogP contribution in [0.1, 0.15) is 42.1 Å². The molecule has 136 valence electrons. The number of aliphatic hydroxyl groups is 1. The number of hydrogen-bond donors (Lipinski definition) is 1. The van der Waals surface area contributed by atoms with Crippen molar-refractivity contribution in [1.29, 1.82) is 0 Å². The molecule has 2 fully saturated rings. The zero-order chi connectivity index (χ0) is 17.7. The SMILES string of the molecule is O=C1N(CC2CC2)c2ccc(C(O)c3ccsc3)cc2C12OCCCO2. The van der Waals surface area contributed by atoms with Gasteiger partial charge >= 0.3 is 0 Å². The Morgan fingerprint density at radius 2 is 2.04 bits per heavy atom. The van der Waals surface area contributed by atoms with Crippen LogP contribution < -0.4 is 4.90 Å². The summed E-state index contributed by atoms with van der Waals surface area (Å²) in [6, 6.07) is 7.62. The second-order valence-corrected chi connectivity index (χ2v) is 8.04. The average molecular weight is 371 g/mol. The molecule has 0 bridgehead atoms. The average Bonchev–Trinajstić information content (AvgIpc) is 3.28. The molecule has 1 saturated heterocycles. The Morgan fingerprint density at radius 1 is 1.23 bits per heavy atom. The van der Waals surface area contributed by atoms with Crippen LogP contribution in [0.15, 0.2) is 35.0 Å². The molecule has 3 heterocycles. The number of ether oxygens (including phenoxy) is 2. The molecule has 1 amide bonds. The number of benzene rings is 1. The van der Waals surface area contributed by atoms with E-state index < -0.39 is 11.9 Å². The molecule has 1 aromatic carbocycles. The predicted molar refractivity (Wildman–Crippen MR) is 98.1 cm³/mol. The molecular weight excluding hydrogens is 350 g/mol. The molecule has 0 radical (unpaired) electrons. The summed E-state index contributed by atoms with van der Waals surface area (Å²) < 4.78 is 11.9. The fraction of sp³-hybridized carbons (Fsp3) is 0.450. The monoisotopic (exact) mass is 371 g/mol. The minimum Gasteiger partial charge on any atom is -0.384 e. The molecule has 3 aliphatic rings. The highest BCUT2D eigenvalue weighted by atomic mass is 32.1. The second-order valence-electron chi connectivity index (χ2n) is 7.26. The fourth-order valence-corrected chi connectivity index (χ4v) is 4.48.